The first-order valence-electron chi connectivity index (χ1n) is 7.81. The molecule has 110 valence electrons. The summed E-state index contributed by atoms with van der Waals surface area (Å²) in [7, 11) is 0. The van der Waals surface area contributed by atoms with E-state index in [4.69, 9.17) is 4.74 Å². The van der Waals surface area contributed by atoms with Gasteiger partial charge in [0.1, 0.15) is 5.75 Å². The van der Waals surface area contributed by atoms with Crippen LogP contribution in [-0.4, -0.2) is 6.61 Å². The van der Waals surface area contributed by atoms with Crippen molar-refractivity contribution in [3.63, 3.8) is 0 Å². The molecular weight excluding hydrogens is 256 g/mol. The molecule has 0 radical (unpaired) electrons. The molecule has 0 aliphatic rings. The Hall–Kier alpha value is -2.02. The van der Waals surface area contributed by atoms with Gasteiger partial charge in [0, 0.05) is 0 Å². The number of hydrogen-bond donors (Lipinski definition) is 0. The molecule has 1 heteroatoms. The quantitative estimate of drug-likeness (QED) is 0.600. The Morgan fingerprint density at radius 1 is 0.810 bits per heavy atom. The van der Waals surface area contributed by atoms with Crippen LogP contribution in [0.4, 0.5) is 0 Å². The molecule has 0 saturated heterocycles. The first-order valence-corrected chi connectivity index (χ1v) is 7.81. The standard InChI is InChI=1S/C20H24O/c1-3-5-6-17-7-9-18(10-8-17)11-12-19-13-15-20(16-14-19)21-4-2/h7-16H,3-6H2,1-2H3/b12-11+. The molecule has 2 aromatic carbocycles. The minimum atomic E-state index is 0.708. The smallest absolute Gasteiger partial charge is 0.119 e. The highest BCUT2D eigenvalue weighted by Gasteiger charge is 1.94. The highest BCUT2D eigenvalue weighted by molar-refractivity contribution is 5.69. The zero-order valence-corrected chi connectivity index (χ0v) is 13.0. The molecule has 1 nitrogen and oxygen atoms in total. The maximum Gasteiger partial charge on any atom is 0.119 e. The third-order valence-corrected chi connectivity index (χ3v) is 3.46. The van der Waals surface area contributed by atoms with Crippen LogP contribution in [0, 0.1) is 0 Å². The van der Waals surface area contributed by atoms with E-state index in [-0.39, 0.29) is 0 Å². The molecule has 2 rings (SSSR count). The van der Waals surface area contributed by atoms with E-state index < -0.39 is 0 Å². The molecule has 0 aliphatic heterocycles. The van der Waals surface area contributed by atoms with Crippen molar-refractivity contribution in [1.29, 1.82) is 0 Å². The van der Waals surface area contributed by atoms with Crippen molar-refractivity contribution in [1.82, 2.24) is 0 Å². The van der Waals surface area contributed by atoms with Crippen LogP contribution in [0.2, 0.25) is 0 Å². The molecule has 0 amide bonds. The second-order valence-electron chi connectivity index (χ2n) is 5.18. The number of unbranched alkanes of at least 4 members (excludes halogenated alkanes) is 1. The van der Waals surface area contributed by atoms with Crippen molar-refractivity contribution < 1.29 is 4.74 Å². The lowest BCUT2D eigenvalue weighted by Crippen LogP contribution is -1.90. The average Bonchev–Trinajstić information content (AvgIpc) is 2.53. The summed E-state index contributed by atoms with van der Waals surface area (Å²) >= 11 is 0. The van der Waals surface area contributed by atoms with Crippen LogP contribution in [0.3, 0.4) is 0 Å². The van der Waals surface area contributed by atoms with Crippen LogP contribution in [0.25, 0.3) is 12.2 Å². The molecule has 0 atom stereocenters. The molecular formula is C20H24O. The fourth-order valence-electron chi connectivity index (χ4n) is 2.21. The first kappa shape index (κ1) is 15.4. The summed E-state index contributed by atoms with van der Waals surface area (Å²) in [5.41, 5.74) is 3.85. The second kappa shape index (κ2) is 8.31. The van der Waals surface area contributed by atoms with Gasteiger partial charge in [-0.1, -0.05) is 61.9 Å². The molecule has 2 aromatic rings. The van der Waals surface area contributed by atoms with Gasteiger partial charge in [-0.3, -0.25) is 0 Å². The van der Waals surface area contributed by atoms with E-state index in [0.717, 1.165) is 5.75 Å². The monoisotopic (exact) mass is 280 g/mol. The number of hydrogen-bond acceptors (Lipinski definition) is 1. The summed E-state index contributed by atoms with van der Waals surface area (Å²) in [6, 6.07) is 17.0. The molecule has 21 heavy (non-hydrogen) atoms. The van der Waals surface area contributed by atoms with Crippen LogP contribution >= 0.6 is 0 Å². The Bertz CT molecular complexity index is 549. The minimum Gasteiger partial charge on any atom is -0.494 e. The summed E-state index contributed by atoms with van der Waals surface area (Å²) in [4.78, 5) is 0. The zero-order chi connectivity index (χ0) is 14.9. The molecule has 0 heterocycles. The van der Waals surface area contributed by atoms with E-state index in [1.165, 1.54) is 36.0 Å². The van der Waals surface area contributed by atoms with E-state index in [2.05, 4.69) is 55.5 Å². The molecule has 0 fully saturated rings. The highest BCUT2D eigenvalue weighted by atomic mass is 16.5. The molecule has 0 N–H and O–H groups in total. The van der Waals surface area contributed by atoms with Gasteiger partial charge in [0.15, 0.2) is 0 Å². The van der Waals surface area contributed by atoms with Crippen LogP contribution in [0.5, 0.6) is 5.75 Å². The van der Waals surface area contributed by atoms with Gasteiger partial charge < -0.3 is 4.74 Å². The van der Waals surface area contributed by atoms with Crippen LogP contribution in [0.1, 0.15) is 43.4 Å². The second-order valence-corrected chi connectivity index (χ2v) is 5.18. The van der Waals surface area contributed by atoms with Crippen molar-refractivity contribution in [3.8, 4) is 5.75 Å². The predicted octanol–water partition coefficient (Wildman–Crippen LogP) is 5.60. The number of aryl methyl sites for hydroxylation is 1. The van der Waals surface area contributed by atoms with Crippen LogP contribution in [-0.2, 0) is 6.42 Å². The van der Waals surface area contributed by atoms with Crippen molar-refractivity contribution in [2.24, 2.45) is 0 Å². The van der Waals surface area contributed by atoms with E-state index in [0.29, 0.717) is 6.61 Å². The van der Waals surface area contributed by atoms with Gasteiger partial charge >= 0.3 is 0 Å². The Kier molecular flexibility index (Phi) is 6.08. The van der Waals surface area contributed by atoms with Crippen LogP contribution in [0.15, 0.2) is 48.5 Å². The number of rotatable bonds is 7. The molecule has 0 aromatic heterocycles. The third kappa shape index (κ3) is 5.11. The van der Waals surface area contributed by atoms with E-state index >= 15 is 0 Å². The van der Waals surface area contributed by atoms with Gasteiger partial charge in [0.25, 0.3) is 0 Å². The maximum atomic E-state index is 5.44. The Morgan fingerprint density at radius 3 is 1.90 bits per heavy atom. The van der Waals surface area contributed by atoms with Gasteiger partial charge in [-0.15, -0.1) is 0 Å². The van der Waals surface area contributed by atoms with Gasteiger partial charge in [0.2, 0.25) is 0 Å². The number of ether oxygens (including phenoxy) is 1. The van der Waals surface area contributed by atoms with Crippen molar-refractivity contribution in [2.45, 2.75) is 33.1 Å². The van der Waals surface area contributed by atoms with Crippen molar-refractivity contribution in [2.75, 3.05) is 6.61 Å². The predicted molar refractivity (Wildman–Crippen MR) is 91.6 cm³/mol. The lowest BCUT2D eigenvalue weighted by molar-refractivity contribution is 0.340. The largest absolute Gasteiger partial charge is 0.494 e. The Morgan fingerprint density at radius 2 is 1.38 bits per heavy atom. The van der Waals surface area contributed by atoms with Gasteiger partial charge in [-0.05, 0) is 48.6 Å². The Labute approximate surface area is 128 Å². The van der Waals surface area contributed by atoms with Gasteiger partial charge in [-0.25, -0.2) is 0 Å². The molecule has 0 aliphatic carbocycles. The first-order chi connectivity index (χ1) is 10.3. The fraction of sp³-hybridized carbons (Fsp3) is 0.300. The molecule has 0 saturated carbocycles. The van der Waals surface area contributed by atoms with E-state index in [9.17, 15) is 0 Å². The van der Waals surface area contributed by atoms with Gasteiger partial charge in [0.05, 0.1) is 6.61 Å². The lowest BCUT2D eigenvalue weighted by Gasteiger charge is -2.02. The molecule has 0 spiro atoms. The molecule has 0 unspecified atom stereocenters. The number of benzene rings is 2. The zero-order valence-electron chi connectivity index (χ0n) is 13.0. The Balaban J connectivity index is 1.96. The van der Waals surface area contributed by atoms with Crippen molar-refractivity contribution in [3.05, 3.63) is 65.2 Å². The average molecular weight is 280 g/mol. The van der Waals surface area contributed by atoms with E-state index in [1.807, 2.05) is 19.1 Å². The summed E-state index contributed by atoms with van der Waals surface area (Å²) in [5.74, 6) is 0.926. The van der Waals surface area contributed by atoms with Crippen LogP contribution < -0.4 is 4.74 Å². The maximum absolute atomic E-state index is 5.44. The third-order valence-electron chi connectivity index (χ3n) is 3.46. The van der Waals surface area contributed by atoms with Gasteiger partial charge in [-0.2, -0.15) is 0 Å². The highest BCUT2D eigenvalue weighted by Crippen LogP contribution is 2.15. The molecule has 0 bridgehead atoms. The summed E-state index contributed by atoms with van der Waals surface area (Å²) in [6.07, 6.45) is 7.98. The van der Waals surface area contributed by atoms with Crippen molar-refractivity contribution >= 4 is 12.2 Å². The SMILES string of the molecule is CCCCc1ccc(/C=C/c2ccc(OCC)cc2)cc1. The summed E-state index contributed by atoms with van der Waals surface area (Å²) in [5, 5.41) is 0. The summed E-state index contributed by atoms with van der Waals surface area (Å²) in [6.45, 7) is 4.94. The summed E-state index contributed by atoms with van der Waals surface area (Å²) < 4.78 is 5.44. The lowest BCUT2D eigenvalue weighted by atomic mass is 10.1. The fourth-order valence-corrected chi connectivity index (χ4v) is 2.21. The topological polar surface area (TPSA) is 9.23 Å². The minimum absolute atomic E-state index is 0.708. The normalized spacial score (nSPS) is 11.0. The van der Waals surface area contributed by atoms with E-state index in [1.54, 1.807) is 0 Å².